The van der Waals surface area contributed by atoms with Crippen molar-refractivity contribution in [2.75, 3.05) is 25.0 Å². The largest absolute Gasteiger partial charge is 0.493 e. The van der Waals surface area contributed by atoms with Crippen LogP contribution >= 0.6 is 0 Å². The zero-order valence-electron chi connectivity index (χ0n) is 23.7. The quantitative estimate of drug-likeness (QED) is 0.145. The molecule has 0 unspecified atom stereocenters. The number of hydrogen-bond donors (Lipinski definition) is 2. The van der Waals surface area contributed by atoms with Crippen LogP contribution in [0.15, 0.2) is 46.2 Å². The Balaban J connectivity index is 3.11. The molecule has 0 bridgehead atoms. The van der Waals surface area contributed by atoms with Gasteiger partial charge in [0, 0.05) is 35.7 Å². The predicted octanol–water partition coefficient (Wildman–Crippen LogP) is 7.48. The zero-order valence-corrected chi connectivity index (χ0v) is 23.7. The number of anilines is 1. The summed E-state index contributed by atoms with van der Waals surface area (Å²) in [6.45, 7) is 21.0. The Kier molecular flexibility index (Phi) is 14.3. The molecule has 1 aromatic rings. The molecule has 2 N–H and O–H groups in total. The van der Waals surface area contributed by atoms with Gasteiger partial charge in [-0.1, -0.05) is 53.2 Å². The van der Waals surface area contributed by atoms with E-state index < -0.39 is 0 Å². The van der Waals surface area contributed by atoms with E-state index in [0.29, 0.717) is 18.1 Å². The van der Waals surface area contributed by atoms with E-state index in [0.717, 1.165) is 72.9 Å². The molecule has 196 valence electrons. The Morgan fingerprint density at radius 1 is 1.14 bits per heavy atom. The van der Waals surface area contributed by atoms with Gasteiger partial charge in [0.1, 0.15) is 11.6 Å². The summed E-state index contributed by atoms with van der Waals surface area (Å²) in [5.74, 6) is 2.21. The first-order chi connectivity index (χ1) is 16.7. The number of hydrogen-bond acceptors (Lipinski definition) is 5. The first-order valence-electron chi connectivity index (χ1n) is 13.3. The third kappa shape index (κ3) is 10.4. The van der Waals surface area contributed by atoms with Crippen molar-refractivity contribution in [1.29, 1.82) is 0 Å². The molecule has 1 rings (SSSR count). The molecule has 5 nitrogen and oxygen atoms in total. The predicted molar refractivity (Wildman–Crippen MR) is 152 cm³/mol. The van der Waals surface area contributed by atoms with Crippen LogP contribution in [0.5, 0.6) is 5.75 Å². The Morgan fingerprint density at radius 3 is 2.43 bits per heavy atom. The number of allylic oxidation sites excluding steroid dienone is 3. The summed E-state index contributed by atoms with van der Waals surface area (Å²) in [5, 5.41) is 7.02. The van der Waals surface area contributed by atoms with Gasteiger partial charge in [0.05, 0.1) is 12.3 Å². The molecular formula is C30H49N3O2. The zero-order chi connectivity index (χ0) is 26.4. The molecule has 5 heteroatoms. The van der Waals surface area contributed by atoms with Crippen LogP contribution in [0.3, 0.4) is 0 Å². The van der Waals surface area contributed by atoms with Gasteiger partial charge in [-0.2, -0.15) is 0 Å². The van der Waals surface area contributed by atoms with E-state index in [1.165, 1.54) is 0 Å². The summed E-state index contributed by atoms with van der Waals surface area (Å²) in [7, 11) is 0. The fourth-order valence-electron chi connectivity index (χ4n) is 3.78. The Morgan fingerprint density at radius 2 is 1.86 bits per heavy atom. The minimum absolute atomic E-state index is 0.0653. The molecule has 1 aromatic carbocycles. The number of nitrogens with one attached hydrogen (secondary N) is 2. The maximum absolute atomic E-state index is 12.6. The topological polar surface area (TPSA) is 62.7 Å². The molecule has 0 spiro atoms. The average molecular weight is 484 g/mol. The number of Topliss-reactive ketones (excluding diaryl/α,β-unsaturated/α-hetero) is 1. The maximum Gasteiger partial charge on any atom is 0.166 e. The molecule has 0 amide bonds. The number of ketones is 1. The van der Waals surface area contributed by atoms with Gasteiger partial charge in [-0.15, -0.1) is 0 Å². The lowest BCUT2D eigenvalue weighted by Crippen LogP contribution is -2.27. The van der Waals surface area contributed by atoms with Crippen LogP contribution in [-0.2, 0) is 4.79 Å². The van der Waals surface area contributed by atoms with Crippen molar-refractivity contribution < 1.29 is 9.53 Å². The molecule has 0 saturated heterocycles. The van der Waals surface area contributed by atoms with Gasteiger partial charge in [0.25, 0.3) is 0 Å². The van der Waals surface area contributed by atoms with Gasteiger partial charge in [-0.25, -0.2) is 4.99 Å². The number of ether oxygens (including phenoxy) is 1. The van der Waals surface area contributed by atoms with Crippen molar-refractivity contribution in [2.24, 2.45) is 16.8 Å². The Bertz CT molecular complexity index is 897. The summed E-state index contributed by atoms with van der Waals surface area (Å²) in [6.07, 6.45) is 6.16. The highest BCUT2D eigenvalue weighted by atomic mass is 16.5. The number of carbonyl (C=O) groups excluding carboxylic acids is 1. The van der Waals surface area contributed by atoms with E-state index in [4.69, 9.17) is 9.73 Å². The van der Waals surface area contributed by atoms with Crippen molar-refractivity contribution in [2.45, 2.75) is 88.0 Å². The monoisotopic (exact) mass is 483 g/mol. The van der Waals surface area contributed by atoms with Gasteiger partial charge < -0.3 is 15.4 Å². The van der Waals surface area contributed by atoms with Gasteiger partial charge in [-0.3, -0.25) is 4.79 Å². The second-order valence-electron chi connectivity index (χ2n) is 9.68. The molecule has 0 heterocycles. The summed E-state index contributed by atoms with van der Waals surface area (Å²) >= 11 is 0. The highest BCUT2D eigenvalue weighted by Gasteiger charge is 2.16. The van der Waals surface area contributed by atoms with Crippen LogP contribution in [0.2, 0.25) is 0 Å². The van der Waals surface area contributed by atoms with E-state index >= 15 is 0 Å². The molecular weight excluding hydrogens is 434 g/mol. The number of aryl methyl sites for hydroxylation is 1. The molecule has 0 saturated carbocycles. The summed E-state index contributed by atoms with van der Waals surface area (Å²) in [6, 6.07) is 6.19. The van der Waals surface area contributed by atoms with Crippen molar-refractivity contribution in [3.05, 3.63) is 46.8 Å². The number of nitrogens with zero attached hydrogens (tertiary/aromatic N) is 1. The van der Waals surface area contributed by atoms with Crippen LogP contribution in [0.4, 0.5) is 5.69 Å². The van der Waals surface area contributed by atoms with E-state index in [-0.39, 0.29) is 11.7 Å². The molecule has 0 aliphatic rings. The fraction of sp³-hybridized carbons (Fsp3) is 0.600. The molecule has 35 heavy (non-hydrogen) atoms. The van der Waals surface area contributed by atoms with Crippen LogP contribution in [0.1, 0.15) is 86.6 Å². The fourth-order valence-corrected chi connectivity index (χ4v) is 3.78. The lowest BCUT2D eigenvalue weighted by molar-refractivity contribution is -0.117. The highest BCUT2D eigenvalue weighted by Crippen LogP contribution is 2.26. The van der Waals surface area contributed by atoms with Crippen molar-refractivity contribution >= 4 is 17.2 Å². The first kappa shape index (κ1) is 30.6. The van der Waals surface area contributed by atoms with Crippen LogP contribution < -0.4 is 15.4 Å². The van der Waals surface area contributed by atoms with E-state index in [9.17, 15) is 4.79 Å². The van der Waals surface area contributed by atoms with Gasteiger partial charge in [0.15, 0.2) is 5.78 Å². The Hall–Kier alpha value is -2.40. The average Bonchev–Trinajstić information content (AvgIpc) is 2.83. The Labute approximate surface area is 214 Å². The molecule has 1 atom stereocenters. The second-order valence-corrected chi connectivity index (χ2v) is 9.68. The van der Waals surface area contributed by atoms with Gasteiger partial charge >= 0.3 is 0 Å². The molecule has 0 radical (unpaired) electrons. The molecule has 0 aliphatic carbocycles. The van der Waals surface area contributed by atoms with Crippen molar-refractivity contribution in [3.8, 4) is 5.75 Å². The minimum Gasteiger partial charge on any atom is -0.493 e. The number of benzene rings is 1. The van der Waals surface area contributed by atoms with E-state index in [2.05, 4.69) is 63.5 Å². The van der Waals surface area contributed by atoms with E-state index in [1.54, 1.807) is 0 Å². The van der Waals surface area contributed by atoms with Gasteiger partial charge in [0.2, 0.25) is 0 Å². The van der Waals surface area contributed by atoms with Crippen LogP contribution in [0.25, 0.3) is 0 Å². The van der Waals surface area contributed by atoms with Crippen molar-refractivity contribution in [1.82, 2.24) is 5.32 Å². The summed E-state index contributed by atoms with van der Waals surface area (Å²) < 4.78 is 6.30. The van der Waals surface area contributed by atoms with Gasteiger partial charge in [-0.05, 0) is 70.7 Å². The smallest absolute Gasteiger partial charge is 0.166 e. The number of aliphatic imine (C=N–C) groups is 1. The minimum atomic E-state index is -0.0653. The number of carbonyl (C=O) groups is 1. The third-order valence-electron chi connectivity index (χ3n) is 6.16. The van der Waals surface area contributed by atoms with E-state index in [1.807, 2.05) is 33.8 Å². The van der Waals surface area contributed by atoms with Crippen molar-refractivity contribution in [3.63, 3.8) is 0 Å². The molecule has 0 aliphatic heterocycles. The first-order valence-corrected chi connectivity index (χ1v) is 13.3. The molecule has 0 fully saturated rings. The summed E-state index contributed by atoms with van der Waals surface area (Å²) in [4.78, 5) is 17.5. The SMILES string of the molecule is C\C=C(C(=O)C(C)C)/C(C)=N\C(Nc1ccc(C)c(OC[C@H](CCC)CNCCC)c1)=C(\C)CC. The molecule has 0 aromatic heterocycles. The standard InChI is InChI=1S/C30H49N3O2/c1-10-14-25(19-31-17-11-2)20-35-28-18-26(16-15-23(28)8)33-30(22(7)12-3)32-24(9)27(13-4)29(34)21(5)6/h13,15-16,18,21,25,31,33H,10-12,14,17,19-20H2,1-9H3/b27-13+,30-22+,32-24-/t25-/m1/s1. The lowest BCUT2D eigenvalue weighted by atomic mass is 9.98. The normalized spacial score (nSPS) is 14.1. The number of rotatable bonds is 16. The van der Waals surface area contributed by atoms with Crippen LogP contribution in [-0.4, -0.2) is 31.2 Å². The third-order valence-corrected chi connectivity index (χ3v) is 6.16. The lowest BCUT2D eigenvalue weighted by Gasteiger charge is -2.19. The maximum atomic E-state index is 12.6. The second kappa shape index (κ2) is 16.3. The summed E-state index contributed by atoms with van der Waals surface area (Å²) in [5.41, 5.74) is 4.58. The van der Waals surface area contributed by atoms with Crippen LogP contribution in [0, 0.1) is 18.8 Å². The highest BCUT2D eigenvalue weighted by molar-refractivity contribution is 6.22.